The summed E-state index contributed by atoms with van der Waals surface area (Å²) in [6.07, 6.45) is 4.68. The molecule has 15 heteroatoms. The maximum Gasteiger partial charge on any atom is 0.394 e. The summed E-state index contributed by atoms with van der Waals surface area (Å²) in [5.74, 6) is 0.168. The average molecular weight is 512 g/mol. The number of fused-ring (bicyclic) bond motifs is 1. The number of carbonyl (C=O) groups excluding carboxylic acids is 1. The van der Waals surface area contributed by atoms with Crippen LogP contribution in [0.4, 0.5) is 0 Å². The van der Waals surface area contributed by atoms with Gasteiger partial charge in [0, 0.05) is 30.6 Å². The second-order valence-electron chi connectivity index (χ2n) is 7.31. The van der Waals surface area contributed by atoms with Crippen molar-refractivity contribution in [2.24, 2.45) is 18.7 Å². The molecule has 0 bridgehead atoms. The van der Waals surface area contributed by atoms with Gasteiger partial charge in [0.15, 0.2) is 0 Å². The van der Waals surface area contributed by atoms with E-state index < -0.39 is 26.8 Å². The third-order valence-electron chi connectivity index (χ3n) is 4.64. The number of ether oxygens (including phenoxy) is 1. The highest BCUT2D eigenvalue weighted by molar-refractivity contribution is 7.80. The van der Waals surface area contributed by atoms with Gasteiger partial charge in [-0.1, -0.05) is 18.2 Å². The molecule has 1 saturated heterocycles. The Hall–Kier alpha value is -2.11. The molecule has 2 heterocycles. The Bertz CT molecular complexity index is 1060. The molecule has 0 aliphatic carbocycles. The first kappa shape index (κ1) is 28.9. The number of benzene rings is 1. The summed E-state index contributed by atoms with van der Waals surface area (Å²) < 4.78 is 70.7. The van der Waals surface area contributed by atoms with Crippen LogP contribution in [0.3, 0.4) is 0 Å². The van der Waals surface area contributed by atoms with E-state index in [-0.39, 0.29) is 5.97 Å². The zero-order valence-corrected chi connectivity index (χ0v) is 19.5. The number of nitrogens with zero attached hydrogens (tertiary/aromatic N) is 1. The molecule has 3 rings (SSSR count). The van der Waals surface area contributed by atoms with Gasteiger partial charge in [-0.3, -0.25) is 23.0 Å². The maximum absolute atomic E-state index is 12.2. The van der Waals surface area contributed by atoms with Crippen molar-refractivity contribution < 1.29 is 44.6 Å². The van der Waals surface area contributed by atoms with Gasteiger partial charge in [-0.15, -0.1) is 0 Å². The maximum atomic E-state index is 12.2. The lowest BCUT2D eigenvalue weighted by Gasteiger charge is -2.22. The summed E-state index contributed by atoms with van der Waals surface area (Å²) in [4.78, 5) is 12.2. The van der Waals surface area contributed by atoms with Crippen molar-refractivity contribution >= 4 is 37.7 Å². The smallest absolute Gasteiger partial charge is 0.394 e. The fourth-order valence-electron chi connectivity index (χ4n) is 3.26. The van der Waals surface area contributed by atoms with E-state index in [1.165, 1.54) is 0 Å². The molecule has 1 atom stereocenters. The lowest BCUT2D eigenvalue weighted by atomic mass is 9.99. The number of para-hydroxylation sites is 1. The standard InChI is InChI=1S/C18H25N3O2.2H2O4S/c1-21-11-14(15-4-2-3-5-17(15)21)10-16(19)18(22)23-12-13-6-8-20-9-7-13;2*1-5(2,3)4/h2-5,11,13,16,20H,6-10,12,19H2,1H3;2*(H2,1,2,3,4). The third kappa shape index (κ3) is 13.2. The van der Waals surface area contributed by atoms with Gasteiger partial charge in [0.25, 0.3) is 0 Å². The van der Waals surface area contributed by atoms with E-state index in [0.717, 1.165) is 42.4 Å². The summed E-state index contributed by atoms with van der Waals surface area (Å²) in [6, 6.07) is 7.55. The van der Waals surface area contributed by atoms with Crippen LogP contribution in [0.5, 0.6) is 0 Å². The van der Waals surface area contributed by atoms with Crippen LogP contribution in [0.2, 0.25) is 0 Å². The molecule has 1 fully saturated rings. The Morgan fingerprint density at radius 3 is 2.18 bits per heavy atom. The minimum atomic E-state index is -4.67. The monoisotopic (exact) mass is 511 g/mol. The van der Waals surface area contributed by atoms with Crippen LogP contribution in [0.15, 0.2) is 30.5 Å². The number of aromatic nitrogens is 1. The topological polar surface area (TPSA) is 218 Å². The molecule has 0 radical (unpaired) electrons. The summed E-state index contributed by atoms with van der Waals surface area (Å²) >= 11 is 0. The molecule has 0 saturated carbocycles. The van der Waals surface area contributed by atoms with Gasteiger partial charge in [0.05, 0.1) is 6.61 Å². The second-order valence-corrected chi connectivity index (χ2v) is 9.10. The largest absolute Gasteiger partial charge is 0.464 e. The Labute approximate surface area is 192 Å². The van der Waals surface area contributed by atoms with Crippen LogP contribution in [-0.2, 0) is 43.8 Å². The average Bonchev–Trinajstić information content (AvgIpc) is 3.00. The number of esters is 1. The summed E-state index contributed by atoms with van der Waals surface area (Å²) in [5, 5.41) is 4.46. The first-order valence-corrected chi connectivity index (χ1v) is 12.5. The van der Waals surface area contributed by atoms with Crippen LogP contribution < -0.4 is 11.1 Å². The second kappa shape index (κ2) is 13.0. The molecule has 1 aliphatic heterocycles. The van der Waals surface area contributed by atoms with Crippen LogP contribution in [0.25, 0.3) is 10.9 Å². The van der Waals surface area contributed by atoms with Crippen molar-refractivity contribution in [1.82, 2.24) is 9.88 Å². The van der Waals surface area contributed by atoms with Gasteiger partial charge >= 0.3 is 26.8 Å². The predicted octanol–water partition coefficient (Wildman–Crippen LogP) is 0.285. The number of rotatable bonds is 5. The first-order valence-electron chi connectivity index (χ1n) is 9.70. The Kier molecular flexibility index (Phi) is 11.4. The highest BCUT2D eigenvalue weighted by Crippen LogP contribution is 2.21. The van der Waals surface area contributed by atoms with Crippen molar-refractivity contribution in [3.05, 3.63) is 36.0 Å². The first-order chi connectivity index (χ1) is 15.1. The number of piperidine rings is 1. The highest BCUT2D eigenvalue weighted by atomic mass is 32.3. The number of hydrogen-bond acceptors (Lipinski definition) is 8. The minimum absolute atomic E-state index is 0.295. The van der Waals surface area contributed by atoms with Crippen molar-refractivity contribution in [1.29, 1.82) is 0 Å². The van der Waals surface area contributed by atoms with E-state index in [9.17, 15) is 4.79 Å². The number of carbonyl (C=O) groups is 1. The molecular weight excluding hydrogens is 482 g/mol. The lowest BCUT2D eigenvalue weighted by molar-refractivity contribution is -0.146. The number of aryl methyl sites for hydroxylation is 1. The molecule has 1 aromatic carbocycles. The van der Waals surface area contributed by atoms with E-state index in [1.54, 1.807) is 0 Å². The van der Waals surface area contributed by atoms with Gasteiger partial charge in [-0.25, -0.2) is 0 Å². The fourth-order valence-corrected chi connectivity index (χ4v) is 3.26. The van der Waals surface area contributed by atoms with Crippen LogP contribution >= 0.6 is 0 Å². The molecule has 1 aromatic heterocycles. The normalized spacial score (nSPS) is 15.6. The zero-order valence-electron chi connectivity index (χ0n) is 17.9. The number of hydrogen-bond donors (Lipinski definition) is 6. The van der Waals surface area contributed by atoms with Gasteiger partial charge in [0.2, 0.25) is 0 Å². The summed E-state index contributed by atoms with van der Waals surface area (Å²) in [6.45, 7) is 2.50. The molecule has 1 aliphatic rings. The Morgan fingerprint density at radius 1 is 1.12 bits per heavy atom. The van der Waals surface area contributed by atoms with Crippen LogP contribution in [0.1, 0.15) is 18.4 Å². The predicted molar refractivity (Wildman–Crippen MR) is 120 cm³/mol. The van der Waals surface area contributed by atoms with Crippen LogP contribution in [0, 0.1) is 5.92 Å². The number of nitrogens with two attached hydrogens (primary N) is 1. The number of nitrogens with one attached hydrogen (secondary N) is 1. The lowest BCUT2D eigenvalue weighted by Crippen LogP contribution is -2.36. The van der Waals surface area contributed by atoms with E-state index in [1.807, 2.05) is 25.4 Å². The molecule has 188 valence electrons. The summed E-state index contributed by atoms with van der Waals surface area (Å²) in [5.41, 5.74) is 8.31. The molecule has 1 unspecified atom stereocenters. The Morgan fingerprint density at radius 2 is 1.64 bits per heavy atom. The van der Waals surface area contributed by atoms with Crippen LogP contribution in [-0.4, -0.2) is 71.3 Å². The van der Waals surface area contributed by atoms with Gasteiger partial charge in [0.1, 0.15) is 6.04 Å². The Balaban J connectivity index is 0.000000460. The van der Waals surface area contributed by atoms with Crippen molar-refractivity contribution in [3.8, 4) is 0 Å². The third-order valence-corrected chi connectivity index (χ3v) is 4.64. The zero-order chi connectivity index (χ0) is 25.2. The van der Waals surface area contributed by atoms with E-state index >= 15 is 0 Å². The SMILES string of the molecule is Cn1cc(CC(N)C(=O)OCC2CCNCC2)c2ccccc21.O=S(=O)(O)O.O=S(=O)(O)O. The van der Waals surface area contributed by atoms with E-state index in [2.05, 4.69) is 22.0 Å². The van der Waals surface area contributed by atoms with Gasteiger partial charge in [-0.05, 0) is 43.5 Å². The van der Waals surface area contributed by atoms with Crippen molar-refractivity contribution in [2.75, 3.05) is 19.7 Å². The van der Waals surface area contributed by atoms with E-state index in [4.69, 9.17) is 45.5 Å². The highest BCUT2D eigenvalue weighted by Gasteiger charge is 2.21. The minimum Gasteiger partial charge on any atom is -0.464 e. The molecule has 0 amide bonds. The van der Waals surface area contributed by atoms with Gasteiger partial charge < -0.3 is 20.4 Å². The summed E-state index contributed by atoms with van der Waals surface area (Å²) in [7, 11) is -7.33. The molecule has 7 N–H and O–H groups in total. The van der Waals surface area contributed by atoms with Crippen molar-refractivity contribution in [2.45, 2.75) is 25.3 Å². The quantitative estimate of drug-likeness (QED) is 0.236. The van der Waals surface area contributed by atoms with Crippen molar-refractivity contribution in [3.63, 3.8) is 0 Å². The fraction of sp³-hybridized carbons (Fsp3) is 0.500. The van der Waals surface area contributed by atoms with Gasteiger partial charge in [-0.2, -0.15) is 16.8 Å². The molecule has 0 spiro atoms. The molecule has 13 nitrogen and oxygen atoms in total. The molecular formula is C18H29N3O10S2. The van der Waals surface area contributed by atoms with E-state index in [0.29, 0.717) is 18.9 Å². The molecule has 2 aromatic rings. The molecule has 33 heavy (non-hydrogen) atoms.